The number of hydrogen-bond acceptors (Lipinski definition) is 5. The van der Waals surface area contributed by atoms with E-state index in [4.69, 9.17) is 0 Å². The molecule has 0 aromatic carbocycles. The maximum absolute atomic E-state index is 12.1. The third-order valence-corrected chi connectivity index (χ3v) is 4.71. The van der Waals surface area contributed by atoms with E-state index in [0.29, 0.717) is 18.0 Å². The summed E-state index contributed by atoms with van der Waals surface area (Å²) in [6.07, 6.45) is 6.94. The first-order valence-electron chi connectivity index (χ1n) is 8.29. The van der Waals surface area contributed by atoms with Crippen LogP contribution >= 0.6 is 0 Å². The fourth-order valence-electron chi connectivity index (χ4n) is 3.21. The lowest BCUT2D eigenvalue weighted by atomic mass is 9.96. The Morgan fingerprint density at radius 2 is 1.96 bits per heavy atom. The van der Waals surface area contributed by atoms with Crippen LogP contribution in [0.1, 0.15) is 24.0 Å². The van der Waals surface area contributed by atoms with Crippen molar-refractivity contribution >= 4 is 0 Å². The molecule has 0 saturated carbocycles. The normalized spacial score (nSPS) is 16.4. The molecule has 3 rings (SSSR count). The fourth-order valence-corrected chi connectivity index (χ4v) is 3.21. The van der Waals surface area contributed by atoms with Crippen LogP contribution in [0.4, 0.5) is 0 Å². The molecule has 2 aromatic heterocycles. The van der Waals surface area contributed by atoms with E-state index in [0.717, 1.165) is 38.0 Å². The molecular weight excluding hydrogens is 306 g/mol. The van der Waals surface area contributed by atoms with E-state index in [2.05, 4.69) is 15.0 Å². The number of likely N-dealkylation sites (tertiary alicyclic amines) is 1. The molecule has 1 saturated heterocycles. The van der Waals surface area contributed by atoms with Crippen LogP contribution in [-0.2, 0) is 20.1 Å². The zero-order valence-electron chi connectivity index (χ0n) is 14.2. The first-order valence-corrected chi connectivity index (χ1v) is 8.29. The van der Waals surface area contributed by atoms with Crippen LogP contribution in [-0.4, -0.2) is 37.3 Å². The number of nitrogens with zero attached hydrogens (tertiary/aromatic N) is 5. The predicted octanol–water partition coefficient (Wildman–Crippen LogP) is 0.558. The lowest BCUT2D eigenvalue weighted by molar-refractivity contribution is 0.165. The van der Waals surface area contributed by atoms with Gasteiger partial charge >= 0.3 is 0 Å². The highest BCUT2D eigenvalue weighted by atomic mass is 16.1. The molecule has 0 N–H and O–H groups in total. The maximum atomic E-state index is 12.1. The van der Waals surface area contributed by atoms with E-state index < -0.39 is 0 Å². The van der Waals surface area contributed by atoms with E-state index in [-0.39, 0.29) is 11.1 Å². The summed E-state index contributed by atoms with van der Waals surface area (Å²) in [6, 6.07) is 1.80. The van der Waals surface area contributed by atoms with Gasteiger partial charge in [-0.25, -0.2) is 9.67 Å². The van der Waals surface area contributed by atoms with Gasteiger partial charge in [-0.1, -0.05) is 0 Å². The molecule has 0 aliphatic carbocycles. The van der Waals surface area contributed by atoms with E-state index in [1.54, 1.807) is 43.3 Å². The Morgan fingerprint density at radius 1 is 1.21 bits per heavy atom. The highest BCUT2D eigenvalue weighted by Crippen LogP contribution is 2.19. The topological polar surface area (TPSA) is 73.0 Å². The molecule has 24 heavy (non-hydrogen) atoms. The van der Waals surface area contributed by atoms with Gasteiger partial charge in [-0.3, -0.25) is 19.1 Å². The molecule has 2 aromatic rings. The Balaban J connectivity index is 1.58. The Labute approximate surface area is 140 Å². The van der Waals surface area contributed by atoms with Gasteiger partial charge in [0.1, 0.15) is 0 Å². The second-order valence-corrected chi connectivity index (χ2v) is 6.54. The molecule has 7 nitrogen and oxygen atoms in total. The summed E-state index contributed by atoms with van der Waals surface area (Å²) in [5, 5.41) is 3.95. The smallest absolute Gasteiger partial charge is 0.270 e. The first kappa shape index (κ1) is 16.6. The Morgan fingerprint density at radius 3 is 2.71 bits per heavy atom. The Kier molecular flexibility index (Phi) is 4.89. The van der Waals surface area contributed by atoms with E-state index in [1.807, 2.05) is 0 Å². The van der Waals surface area contributed by atoms with Crippen molar-refractivity contribution in [3.05, 3.63) is 56.6 Å². The molecule has 3 heterocycles. The van der Waals surface area contributed by atoms with Crippen molar-refractivity contribution in [2.24, 2.45) is 13.0 Å². The molecule has 0 unspecified atom stereocenters. The highest BCUT2D eigenvalue weighted by molar-refractivity contribution is 5.06. The molecule has 128 valence electrons. The summed E-state index contributed by atoms with van der Waals surface area (Å²) in [5.41, 5.74) is 1.48. The van der Waals surface area contributed by atoms with Gasteiger partial charge < -0.3 is 0 Å². The lowest BCUT2D eigenvalue weighted by Gasteiger charge is -2.32. The van der Waals surface area contributed by atoms with Crippen LogP contribution in [0.2, 0.25) is 0 Å². The van der Waals surface area contributed by atoms with Crippen molar-refractivity contribution in [1.29, 1.82) is 0 Å². The molecule has 0 bridgehead atoms. The molecule has 7 heteroatoms. The number of aromatic nitrogens is 4. The monoisotopic (exact) mass is 329 g/mol. The molecule has 1 aliphatic heterocycles. The van der Waals surface area contributed by atoms with Gasteiger partial charge in [-0.05, 0) is 44.8 Å². The standard InChI is InChI=1S/C17H23N5O2/c1-13-9-18-12-22(16(13)23)10-14-4-7-21(8-5-14)11-15-3-6-19-20(2)17(15)24/h3,6,9,12,14H,4-5,7-8,10-11H2,1-2H3. The number of rotatable bonds is 4. The van der Waals surface area contributed by atoms with E-state index in [1.165, 1.54) is 4.68 Å². The molecule has 0 amide bonds. The maximum Gasteiger partial charge on any atom is 0.270 e. The van der Waals surface area contributed by atoms with E-state index in [9.17, 15) is 9.59 Å². The minimum atomic E-state index is -0.0305. The van der Waals surface area contributed by atoms with Crippen LogP contribution in [0.15, 0.2) is 34.4 Å². The van der Waals surface area contributed by atoms with Crippen LogP contribution in [0.3, 0.4) is 0 Å². The SMILES string of the molecule is Cc1cncn(CC2CCN(Cc3ccnn(C)c3=O)CC2)c1=O. The lowest BCUT2D eigenvalue weighted by Crippen LogP contribution is -2.38. The van der Waals surface area contributed by atoms with Crippen LogP contribution in [0.5, 0.6) is 0 Å². The molecule has 0 radical (unpaired) electrons. The van der Waals surface area contributed by atoms with Gasteiger partial charge in [-0.15, -0.1) is 0 Å². The zero-order chi connectivity index (χ0) is 17.1. The molecule has 0 atom stereocenters. The molecule has 0 spiro atoms. The Hall–Kier alpha value is -2.28. The molecular formula is C17H23N5O2. The average molecular weight is 329 g/mol. The third-order valence-electron chi connectivity index (χ3n) is 4.71. The van der Waals surface area contributed by atoms with E-state index >= 15 is 0 Å². The summed E-state index contributed by atoms with van der Waals surface area (Å²) < 4.78 is 3.09. The van der Waals surface area contributed by atoms with Crippen LogP contribution in [0, 0.1) is 12.8 Å². The third kappa shape index (κ3) is 3.62. The largest absolute Gasteiger partial charge is 0.299 e. The van der Waals surface area contributed by atoms with Gasteiger partial charge in [0.15, 0.2) is 0 Å². The predicted molar refractivity (Wildman–Crippen MR) is 90.7 cm³/mol. The number of piperidine rings is 1. The molecule has 1 aliphatic rings. The second-order valence-electron chi connectivity index (χ2n) is 6.54. The van der Waals surface area contributed by atoms with Crippen molar-refractivity contribution < 1.29 is 0 Å². The first-order chi connectivity index (χ1) is 11.5. The summed E-state index contributed by atoms with van der Waals surface area (Å²) in [7, 11) is 1.67. The number of aryl methyl sites for hydroxylation is 2. The summed E-state index contributed by atoms with van der Waals surface area (Å²) in [5.74, 6) is 0.475. The minimum Gasteiger partial charge on any atom is -0.299 e. The summed E-state index contributed by atoms with van der Waals surface area (Å²) in [6.45, 7) is 5.05. The van der Waals surface area contributed by atoms with Gasteiger partial charge in [-0.2, -0.15) is 5.10 Å². The van der Waals surface area contributed by atoms with Gasteiger partial charge in [0.25, 0.3) is 11.1 Å². The van der Waals surface area contributed by atoms with Gasteiger partial charge in [0.05, 0.1) is 6.33 Å². The van der Waals surface area contributed by atoms with Crippen molar-refractivity contribution in [1.82, 2.24) is 24.2 Å². The van der Waals surface area contributed by atoms with Gasteiger partial charge in [0, 0.05) is 43.7 Å². The Bertz CT molecular complexity index is 749. The summed E-state index contributed by atoms with van der Waals surface area (Å²) in [4.78, 5) is 30.5. The molecule has 1 fully saturated rings. The fraction of sp³-hybridized carbons (Fsp3) is 0.529. The van der Waals surface area contributed by atoms with Crippen molar-refractivity contribution in [3.8, 4) is 0 Å². The highest BCUT2D eigenvalue weighted by Gasteiger charge is 2.21. The summed E-state index contributed by atoms with van der Waals surface area (Å²) >= 11 is 0. The van der Waals surface area contributed by atoms with Crippen LogP contribution < -0.4 is 11.1 Å². The van der Waals surface area contributed by atoms with Crippen LogP contribution in [0.25, 0.3) is 0 Å². The van der Waals surface area contributed by atoms with Gasteiger partial charge in [0.2, 0.25) is 0 Å². The zero-order valence-corrected chi connectivity index (χ0v) is 14.2. The van der Waals surface area contributed by atoms with Crippen molar-refractivity contribution in [2.75, 3.05) is 13.1 Å². The minimum absolute atomic E-state index is 0.0305. The average Bonchev–Trinajstić information content (AvgIpc) is 2.58. The van der Waals surface area contributed by atoms with Crippen molar-refractivity contribution in [2.45, 2.75) is 32.9 Å². The second kappa shape index (κ2) is 7.09. The van der Waals surface area contributed by atoms with Crippen molar-refractivity contribution in [3.63, 3.8) is 0 Å². The quantitative estimate of drug-likeness (QED) is 0.819. The number of hydrogen-bond donors (Lipinski definition) is 0.